The van der Waals surface area contributed by atoms with Crippen molar-refractivity contribution in [1.82, 2.24) is 10.2 Å². The van der Waals surface area contributed by atoms with E-state index >= 15 is 0 Å². The summed E-state index contributed by atoms with van der Waals surface area (Å²) in [4.78, 5) is 6.30. The zero-order valence-corrected chi connectivity index (χ0v) is 16.3. The molecule has 20 heavy (non-hydrogen) atoms. The first-order valence-corrected chi connectivity index (χ1v) is 8.53. The van der Waals surface area contributed by atoms with Crippen molar-refractivity contribution < 1.29 is 8.42 Å². The fourth-order valence-electron chi connectivity index (χ4n) is 2.13. The van der Waals surface area contributed by atoms with Gasteiger partial charge in [-0.3, -0.25) is 4.99 Å². The molecule has 0 unspecified atom stereocenters. The Morgan fingerprint density at radius 3 is 2.45 bits per heavy atom. The molecule has 5 nitrogen and oxygen atoms in total. The summed E-state index contributed by atoms with van der Waals surface area (Å²) in [5.74, 6) is 1.65. The van der Waals surface area contributed by atoms with Crippen LogP contribution in [0, 0.1) is 5.92 Å². The number of nitrogens with zero attached hydrogens (tertiary/aromatic N) is 2. The van der Waals surface area contributed by atoms with Gasteiger partial charge >= 0.3 is 0 Å². The zero-order valence-electron chi connectivity index (χ0n) is 13.1. The molecule has 0 aromatic carbocycles. The fourth-order valence-corrected chi connectivity index (χ4v) is 3.50. The summed E-state index contributed by atoms with van der Waals surface area (Å²) in [6.45, 7) is 9.83. The van der Waals surface area contributed by atoms with E-state index < -0.39 is 14.6 Å². The highest BCUT2D eigenvalue weighted by Crippen LogP contribution is 2.23. The first-order chi connectivity index (χ1) is 8.69. The molecule has 0 amide bonds. The van der Waals surface area contributed by atoms with E-state index in [-0.39, 0.29) is 29.7 Å². The lowest BCUT2D eigenvalue weighted by molar-refractivity contribution is 0.352. The van der Waals surface area contributed by atoms with Crippen molar-refractivity contribution in [2.45, 2.75) is 38.9 Å². The first-order valence-electron chi connectivity index (χ1n) is 6.87. The Hall–Kier alpha value is -0.0500. The predicted octanol–water partition coefficient (Wildman–Crippen LogP) is 1.73. The maximum Gasteiger partial charge on any atom is 0.193 e. The molecule has 0 spiro atoms. The van der Waals surface area contributed by atoms with E-state index in [1.54, 1.807) is 20.9 Å². The van der Waals surface area contributed by atoms with E-state index in [4.69, 9.17) is 0 Å². The molecule has 1 N–H and O–H groups in total. The SMILES string of the molecule is CN=C(NCCC(C)C)N1CCS(=O)(=O)C(C)(C)C1.I. The molecule has 0 aromatic rings. The standard InChI is InChI=1S/C13H27N3O2S.HI/c1-11(2)6-7-15-12(14-5)16-8-9-19(17,18)13(3,4)10-16;/h11H,6-10H2,1-5H3,(H,14,15);1H. The van der Waals surface area contributed by atoms with Gasteiger partial charge < -0.3 is 10.2 Å². The highest BCUT2D eigenvalue weighted by Gasteiger charge is 2.40. The van der Waals surface area contributed by atoms with Crippen molar-refractivity contribution in [1.29, 1.82) is 0 Å². The minimum atomic E-state index is -2.99. The van der Waals surface area contributed by atoms with Crippen LogP contribution >= 0.6 is 24.0 Å². The van der Waals surface area contributed by atoms with Crippen LogP contribution in [-0.2, 0) is 9.84 Å². The van der Waals surface area contributed by atoms with Gasteiger partial charge in [0.1, 0.15) is 0 Å². The third-order valence-corrected chi connectivity index (χ3v) is 6.09. The van der Waals surface area contributed by atoms with Gasteiger partial charge in [0.2, 0.25) is 0 Å². The van der Waals surface area contributed by atoms with E-state index in [1.165, 1.54) is 0 Å². The Bertz CT molecular complexity index is 433. The van der Waals surface area contributed by atoms with Gasteiger partial charge in [0.15, 0.2) is 15.8 Å². The molecule has 120 valence electrons. The fraction of sp³-hybridized carbons (Fsp3) is 0.923. The van der Waals surface area contributed by atoms with E-state index in [2.05, 4.69) is 24.2 Å². The Labute approximate surface area is 140 Å². The first kappa shape index (κ1) is 19.9. The number of sulfone groups is 1. The summed E-state index contributed by atoms with van der Waals surface area (Å²) in [5.41, 5.74) is 0. The molecule has 1 aliphatic heterocycles. The summed E-state index contributed by atoms with van der Waals surface area (Å²) in [7, 11) is -1.25. The number of aliphatic imine (C=N–C) groups is 1. The molecule has 0 atom stereocenters. The third kappa shape index (κ3) is 5.05. The number of nitrogens with one attached hydrogen (secondary N) is 1. The molecular formula is C13H28IN3O2S. The molecule has 0 saturated carbocycles. The van der Waals surface area contributed by atoms with Crippen molar-refractivity contribution in [2.75, 3.05) is 32.4 Å². The lowest BCUT2D eigenvalue weighted by atomic mass is 10.1. The molecule has 1 rings (SSSR count). The Morgan fingerprint density at radius 1 is 1.40 bits per heavy atom. The van der Waals surface area contributed by atoms with Crippen LogP contribution in [0.15, 0.2) is 4.99 Å². The second-order valence-electron chi connectivity index (χ2n) is 6.16. The van der Waals surface area contributed by atoms with Crippen LogP contribution in [0.2, 0.25) is 0 Å². The monoisotopic (exact) mass is 417 g/mol. The van der Waals surface area contributed by atoms with Gasteiger partial charge in [-0.25, -0.2) is 8.42 Å². The van der Waals surface area contributed by atoms with Gasteiger partial charge in [0, 0.05) is 26.7 Å². The molecule has 1 aliphatic rings. The quantitative estimate of drug-likeness (QED) is 0.432. The molecule has 0 bridgehead atoms. The summed E-state index contributed by atoms with van der Waals surface area (Å²) >= 11 is 0. The molecular weight excluding hydrogens is 389 g/mol. The molecule has 0 aliphatic carbocycles. The Morgan fingerprint density at radius 2 is 2.00 bits per heavy atom. The average molecular weight is 417 g/mol. The zero-order chi connectivity index (χ0) is 14.7. The van der Waals surface area contributed by atoms with Gasteiger partial charge in [0.25, 0.3) is 0 Å². The second kappa shape index (κ2) is 7.82. The topological polar surface area (TPSA) is 61.8 Å². The Kier molecular flexibility index (Phi) is 7.80. The molecule has 0 radical (unpaired) electrons. The number of hydrogen-bond acceptors (Lipinski definition) is 3. The smallest absolute Gasteiger partial charge is 0.193 e. The lowest BCUT2D eigenvalue weighted by Gasteiger charge is -2.39. The van der Waals surface area contributed by atoms with E-state index in [9.17, 15) is 8.42 Å². The van der Waals surface area contributed by atoms with Crippen LogP contribution in [0.3, 0.4) is 0 Å². The van der Waals surface area contributed by atoms with Gasteiger partial charge in [-0.2, -0.15) is 0 Å². The van der Waals surface area contributed by atoms with Crippen molar-refractivity contribution in [2.24, 2.45) is 10.9 Å². The number of guanidine groups is 1. The van der Waals surface area contributed by atoms with Crippen LogP contribution in [0.5, 0.6) is 0 Å². The molecule has 1 saturated heterocycles. The summed E-state index contributed by atoms with van der Waals surface area (Å²) in [6.07, 6.45) is 1.08. The summed E-state index contributed by atoms with van der Waals surface area (Å²) in [6, 6.07) is 0. The molecule has 1 fully saturated rings. The normalized spacial score (nSPS) is 21.5. The Balaban J connectivity index is 0.00000361. The van der Waals surface area contributed by atoms with Crippen molar-refractivity contribution >= 4 is 39.8 Å². The van der Waals surface area contributed by atoms with E-state index in [1.807, 2.05) is 4.90 Å². The third-order valence-electron chi connectivity index (χ3n) is 3.56. The minimum absolute atomic E-state index is 0. The van der Waals surface area contributed by atoms with Crippen molar-refractivity contribution in [3.63, 3.8) is 0 Å². The minimum Gasteiger partial charge on any atom is -0.356 e. The lowest BCUT2D eigenvalue weighted by Crippen LogP contribution is -2.57. The highest BCUT2D eigenvalue weighted by molar-refractivity contribution is 14.0. The van der Waals surface area contributed by atoms with E-state index in [0.717, 1.165) is 18.9 Å². The van der Waals surface area contributed by atoms with E-state index in [0.29, 0.717) is 19.0 Å². The maximum absolute atomic E-state index is 12.0. The number of halogens is 1. The summed E-state index contributed by atoms with van der Waals surface area (Å²) < 4.78 is 23.2. The van der Waals surface area contributed by atoms with Crippen molar-refractivity contribution in [3.8, 4) is 0 Å². The number of hydrogen-bond donors (Lipinski definition) is 1. The van der Waals surface area contributed by atoms with Crippen LogP contribution in [0.4, 0.5) is 0 Å². The summed E-state index contributed by atoms with van der Waals surface area (Å²) in [5, 5.41) is 3.32. The van der Waals surface area contributed by atoms with Gasteiger partial charge in [-0.15, -0.1) is 24.0 Å². The molecule has 1 heterocycles. The van der Waals surface area contributed by atoms with Gasteiger partial charge in [-0.1, -0.05) is 13.8 Å². The molecule has 7 heteroatoms. The van der Waals surface area contributed by atoms with Crippen LogP contribution < -0.4 is 5.32 Å². The van der Waals surface area contributed by atoms with Crippen molar-refractivity contribution in [3.05, 3.63) is 0 Å². The van der Waals surface area contributed by atoms with Crippen LogP contribution in [0.1, 0.15) is 34.1 Å². The second-order valence-corrected chi connectivity index (χ2v) is 8.90. The highest BCUT2D eigenvalue weighted by atomic mass is 127. The van der Waals surface area contributed by atoms with Gasteiger partial charge in [0.05, 0.1) is 10.5 Å². The predicted molar refractivity (Wildman–Crippen MR) is 95.7 cm³/mol. The maximum atomic E-state index is 12.0. The number of rotatable bonds is 3. The average Bonchev–Trinajstić information content (AvgIpc) is 2.28. The largest absolute Gasteiger partial charge is 0.356 e. The van der Waals surface area contributed by atoms with Crippen LogP contribution in [0.25, 0.3) is 0 Å². The van der Waals surface area contributed by atoms with Gasteiger partial charge in [-0.05, 0) is 26.2 Å². The molecule has 0 aromatic heterocycles. The van der Waals surface area contributed by atoms with Crippen LogP contribution in [-0.4, -0.2) is 56.5 Å².